The molecule has 2 amide bonds. The van der Waals surface area contributed by atoms with Gasteiger partial charge in [0.2, 0.25) is 0 Å². The number of fused-ring (bicyclic) bond motifs is 1. The zero-order valence-corrected chi connectivity index (χ0v) is 23.3. The second-order valence-corrected chi connectivity index (χ2v) is 11.4. The number of primary amides is 1. The third-order valence-electron chi connectivity index (χ3n) is 5.84. The Kier molecular flexibility index (Phi) is 7.42. The van der Waals surface area contributed by atoms with E-state index in [4.69, 9.17) is 10.5 Å². The van der Waals surface area contributed by atoms with Crippen LogP contribution in [0.15, 0.2) is 58.7 Å². The summed E-state index contributed by atoms with van der Waals surface area (Å²) in [6.45, 7) is 9.88. The number of anilines is 1. The molecule has 0 radical (unpaired) electrons. The van der Waals surface area contributed by atoms with Gasteiger partial charge in [0.05, 0.1) is 0 Å². The maximum absolute atomic E-state index is 13.9. The number of aromatic nitrogens is 2. The Labute approximate surface area is 225 Å². The Morgan fingerprint density at radius 1 is 1.08 bits per heavy atom. The molecule has 2 aromatic heterocycles. The zero-order chi connectivity index (χ0) is 27.8. The van der Waals surface area contributed by atoms with Crippen molar-refractivity contribution in [3.05, 3.63) is 70.0 Å². The molecule has 4 aromatic rings. The van der Waals surface area contributed by atoms with Crippen molar-refractivity contribution in [2.45, 2.75) is 46.8 Å². The Morgan fingerprint density at radius 2 is 1.76 bits per heavy atom. The van der Waals surface area contributed by atoms with Crippen molar-refractivity contribution in [3.63, 3.8) is 0 Å². The van der Waals surface area contributed by atoms with Gasteiger partial charge in [0.25, 0.3) is 11.5 Å². The molecule has 9 heteroatoms. The van der Waals surface area contributed by atoms with Crippen molar-refractivity contribution < 1.29 is 14.3 Å². The van der Waals surface area contributed by atoms with Gasteiger partial charge in [-0.2, -0.15) is 0 Å². The monoisotopic (exact) mass is 532 g/mol. The molecule has 8 nitrogen and oxygen atoms in total. The molecule has 0 saturated heterocycles. The lowest BCUT2D eigenvalue weighted by atomic mass is 9.96. The van der Waals surface area contributed by atoms with E-state index in [1.165, 1.54) is 16.2 Å². The Bertz CT molecular complexity index is 1570. The highest BCUT2D eigenvalue weighted by Gasteiger charge is 2.28. The van der Waals surface area contributed by atoms with Crippen molar-refractivity contribution in [3.8, 4) is 21.7 Å². The summed E-state index contributed by atoms with van der Waals surface area (Å²) in [5.74, 6) is -0.0109. The van der Waals surface area contributed by atoms with Crippen LogP contribution in [0.5, 0.6) is 0 Å². The molecule has 2 aromatic carbocycles. The van der Waals surface area contributed by atoms with Gasteiger partial charge in [0, 0.05) is 35.5 Å². The predicted octanol–water partition coefficient (Wildman–Crippen LogP) is 5.92. The van der Waals surface area contributed by atoms with Gasteiger partial charge in [-0.1, -0.05) is 50.2 Å². The van der Waals surface area contributed by atoms with Crippen molar-refractivity contribution >= 4 is 39.9 Å². The maximum atomic E-state index is 13.9. The van der Waals surface area contributed by atoms with Crippen molar-refractivity contribution in [1.82, 2.24) is 9.55 Å². The highest BCUT2D eigenvalue weighted by Crippen LogP contribution is 2.38. The molecular formula is C29H32N4O4S. The van der Waals surface area contributed by atoms with E-state index in [-0.39, 0.29) is 17.2 Å². The molecule has 0 saturated carbocycles. The fourth-order valence-corrected chi connectivity index (χ4v) is 5.08. The van der Waals surface area contributed by atoms with Gasteiger partial charge in [-0.15, -0.1) is 11.3 Å². The molecule has 2 heterocycles. The minimum Gasteiger partial charge on any atom is -0.443 e. The number of thiazole rings is 1. The molecule has 0 bridgehead atoms. The summed E-state index contributed by atoms with van der Waals surface area (Å²) in [5, 5.41) is 3.40. The van der Waals surface area contributed by atoms with Crippen LogP contribution in [-0.4, -0.2) is 34.2 Å². The molecule has 38 heavy (non-hydrogen) atoms. The number of amides is 2. The van der Waals surface area contributed by atoms with E-state index in [1.807, 2.05) is 56.3 Å². The molecule has 4 rings (SSSR count). The summed E-state index contributed by atoms with van der Waals surface area (Å²) in [6, 6.07) is 15.1. The first kappa shape index (κ1) is 27.1. The Balaban J connectivity index is 2.08. The van der Waals surface area contributed by atoms with Crippen LogP contribution in [0.1, 0.15) is 45.1 Å². The minimum atomic E-state index is -0.714. The topological polar surface area (TPSA) is 108 Å². The number of hydrogen-bond acceptors (Lipinski definition) is 6. The highest BCUT2D eigenvalue weighted by atomic mass is 32.1. The van der Waals surface area contributed by atoms with E-state index in [0.717, 1.165) is 16.7 Å². The van der Waals surface area contributed by atoms with Crippen LogP contribution in [0.25, 0.3) is 32.5 Å². The maximum Gasteiger partial charge on any atom is 0.415 e. The number of benzene rings is 2. The molecule has 0 aliphatic carbocycles. The number of ether oxygens (including phenoxy) is 1. The first-order valence-corrected chi connectivity index (χ1v) is 13.2. The fraction of sp³-hybridized carbons (Fsp3) is 0.310. The van der Waals surface area contributed by atoms with Gasteiger partial charge in [-0.25, -0.2) is 9.78 Å². The number of carbonyl (C=O) groups is 2. The average Bonchev–Trinajstić information content (AvgIpc) is 3.35. The van der Waals surface area contributed by atoms with Gasteiger partial charge in [0.15, 0.2) is 0 Å². The van der Waals surface area contributed by atoms with Crippen LogP contribution in [0, 0.1) is 5.92 Å². The average molecular weight is 533 g/mol. The standard InChI is InChI=1S/C29H32N4O4S/c1-17(2)15-33-26(32(6)28(36)37-29(3,4)5)23(18-10-8-7-9-11-18)21-14-19(12-13-20(21)27(33)35)25-31-22(16-38-25)24(30)34/h7-14,16-17H,15H2,1-6H3,(H2,30,34). The Hall–Kier alpha value is -3.98. The number of carbonyl (C=O) groups excluding carboxylic acids is 2. The zero-order valence-electron chi connectivity index (χ0n) is 22.4. The fourth-order valence-electron chi connectivity index (χ4n) is 4.28. The summed E-state index contributed by atoms with van der Waals surface area (Å²) in [7, 11) is 1.63. The van der Waals surface area contributed by atoms with Gasteiger partial charge in [-0.3, -0.25) is 19.1 Å². The largest absolute Gasteiger partial charge is 0.443 e. The van der Waals surface area contributed by atoms with E-state index in [1.54, 1.807) is 43.8 Å². The summed E-state index contributed by atoms with van der Waals surface area (Å²) < 4.78 is 7.35. The lowest BCUT2D eigenvalue weighted by Gasteiger charge is -2.29. The summed E-state index contributed by atoms with van der Waals surface area (Å²) in [5.41, 5.74) is 6.98. The van der Waals surface area contributed by atoms with E-state index in [0.29, 0.717) is 28.1 Å². The minimum absolute atomic E-state index is 0.140. The molecule has 2 N–H and O–H groups in total. The molecule has 198 valence electrons. The van der Waals surface area contributed by atoms with Crippen molar-refractivity contribution in [2.75, 3.05) is 11.9 Å². The lowest BCUT2D eigenvalue weighted by molar-refractivity contribution is 0.0586. The second kappa shape index (κ2) is 10.4. The first-order chi connectivity index (χ1) is 17.9. The molecule has 0 aliphatic rings. The van der Waals surface area contributed by atoms with Crippen LogP contribution in [0.4, 0.5) is 10.6 Å². The van der Waals surface area contributed by atoms with E-state index < -0.39 is 17.6 Å². The van der Waals surface area contributed by atoms with Gasteiger partial charge >= 0.3 is 6.09 Å². The predicted molar refractivity (Wildman–Crippen MR) is 153 cm³/mol. The van der Waals surface area contributed by atoms with Crippen LogP contribution >= 0.6 is 11.3 Å². The molecule has 0 atom stereocenters. The van der Waals surface area contributed by atoms with Gasteiger partial charge in [0.1, 0.15) is 22.1 Å². The quantitative estimate of drug-likeness (QED) is 0.332. The normalized spacial score (nSPS) is 11.7. The molecule has 0 unspecified atom stereocenters. The Morgan fingerprint density at radius 3 is 2.34 bits per heavy atom. The molecule has 0 spiro atoms. The number of rotatable bonds is 6. The summed E-state index contributed by atoms with van der Waals surface area (Å²) in [6.07, 6.45) is -0.562. The van der Waals surface area contributed by atoms with Crippen molar-refractivity contribution in [2.24, 2.45) is 11.7 Å². The van der Waals surface area contributed by atoms with Crippen LogP contribution in [0.3, 0.4) is 0 Å². The van der Waals surface area contributed by atoms with Crippen LogP contribution < -0.4 is 16.2 Å². The third kappa shape index (κ3) is 5.47. The SMILES string of the molecule is CC(C)Cn1c(N(C)C(=O)OC(C)(C)C)c(-c2ccccc2)c2cc(-c3nc(C(N)=O)cs3)ccc2c1=O. The number of nitrogens with zero attached hydrogens (tertiary/aromatic N) is 3. The van der Waals surface area contributed by atoms with E-state index >= 15 is 0 Å². The van der Waals surface area contributed by atoms with Crippen LogP contribution in [0.2, 0.25) is 0 Å². The highest BCUT2D eigenvalue weighted by molar-refractivity contribution is 7.13. The number of pyridine rings is 1. The third-order valence-corrected chi connectivity index (χ3v) is 6.73. The van der Waals surface area contributed by atoms with Gasteiger partial charge < -0.3 is 10.5 Å². The number of hydrogen-bond donors (Lipinski definition) is 1. The van der Waals surface area contributed by atoms with Crippen LogP contribution in [-0.2, 0) is 11.3 Å². The smallest absolute Gasteiger partial charge is 0.415 e. The first-order valence-electron chi connectivity index (χ1n) is 12.4. The second-order valence-electron chi connectivity index (χ2n) is 10.6. The van der Waals surface area contributed by atoms with E-state index in [2.05, 4.69) is 4.98 Å². The molecular weight excluding hydrogens is 500 g/mol. The molecule has 0 fully saturated rings. The van der Waals surface area contributed by atoms with Gasteiger partial charge in [-0.05, 0) is 49.8 Å². The number of nitrogens with two attached hydrogens (primary N) is 1. The van der Waals surface area contributed by atoms with Crippen molar-refractivity contribution in [1.29, 1.82) is 0 Å². The summed E-state index contributed by atoms with van der Waals surface area (Å²) >= 11 is 1.30. The summed E-state index contributed by atoms with van der Waals surface area (Å²) in [4.78, 5) is 44.7. The lowest BCUT2D eigenvalue weighted by Crippen LogP contribution is -2.38. The van der Waals surface area contributed by atoms with E-state index in [9.17, 15) is 14.4 Å². The molecule has 0 aliphatic heterocycles.